The molecular formula is C13H20O2. The van der Waals surface area contributed by atoms with Crippen molar-refractivity contribution in [2.75, 3.05) is 13.7 Å². The van der Waals surface area contributed by atoms with Crippen molar-refractivity contribution in [3.63, 3.8) is 0 Å². The van der Waals surface area contributed by atoms with Crippen LogP contribution in [0.3, 0.4) is 0 Å². The van der Waals surface area contributed by atoms with Gasteiger partial charge < -0.3 is 9.47 Å². The third kappa shape index (κ3) is 4.96. The second-order valence-electron chi connectivity index (χ2n) is 4.28. The standard InChI is InChI=1S/C13H20O2/c1-13(2,9-10-14-3)15-11-12-7-5-4-6-8-12/h4-8H,9-11H2,1-3H3. The predicted octanol–water partition coefficient (Wildman–Crippen LogP) is 3.02. The van der Waals surface area contributed by atoms with E-state index in [0.717, 1.165) is 13.0 Å². The molecule has 0 aliphatic heterocycles. The molecule has 0 atom stereocenters. The van der Waals surface area contributed by atoms with Crippen LogP contribution in [-0.4, -0.2) is 19.3 Å². The zero-order valence-corrected chi connectivity index (χ0v) is 9.82. The molecule has 2 nitrogen and oxygen atoms in total. The molecule has 0 radical (unpaired) electrons. The number of ether oxygens (including phenoxy) is 2. The van der Waals surface area contributed by atoms with E-state index in [4.69, 9.17) is 9.47 Å². The van der Waals surface area contributed by atoms with Gasteiger partial charge in [0.1, 0.15) is 0 Å². The van der Waals surface area contributed by atoms with Gasteiger partial charge in [0.25, 0.3) is 0 Å². The lowest BCUT2D eigenvalue weighted by Gasteiger charge is -2.25. The normalized spacial score (nSPS) is 11.7. The van der Waals surface area contributed by atoms with Gasteiger partial charge in [-0.3, -0.25) is 0 Å². The Morgan fingerprint density at radius 1 is 1.13 bits per heavy atom. The summed E-state index contributed by atoms with van der Waals surface area (Å²) in [5.74, 6) is 0. The number of benzene rings is 1. The first-order valence-corrected chi connectivity index (χ1v) is 5.31. The van der Waals surface area contributed by atoms with E-state index < -0.39 is 0 Å². The minimum Gasteiger partial charge on any atom is -0.385 e. The monoisotopic (exact) mass is 208 g/mol. The maximum Gasteiger partial charge on any atom is 0.0724 e. The minimum absolute atomic E-state index is 0.119. The lowest BCUT2D eigenvalue weighted by atomic mass is 10.1. The Balaban J connectivity index is 2.35. The molecule has 15 heavy (non-hydrogen) atoms. The summed E-state index contributed by atoms with van der Waals surface area (Å²) in [6.07, 6.45) is 0.913. The number of hydrogen-bond donors (Lipinski definition) is 0. The molecule has 0 amide bonds. The molecule has 0 saturated carbocycles. The largest absolute Gasteiger partial charge is 0.385 e. The van der Waals surface area contributed by atoms with Crippen LogP contribution in [0.1, 0.15) is 25.8 Å². The zero-order valence-electron chi connectivity index (χ0n) is 9.82. The SMILES string of the molecule is COCCC(C)(C)OCc1ccccc1. The minimum atomic E-state index is -0.119. The van der Waals surface area contributed by atoms with Crippen molar-refractivity contribution in [2.24, 2.45) is 0 Å². The molecule has 0 bridgehead atoms. The summed E-state index contributed by atoms with van der Waals surface area (Å²) in [7, 11) is 1.72. The van der Waals surface area contributed by atoms with Crippen LogP contribution in [0.5, 0.6) is 0 Å². The second-order valence-corrected chi connectivity index (χ2v) is 4.28. The molecule has 84 valence electrons. The molecule has 0 heterocycles. The lowest BCUT2D eigenvalue weighted by Crippen LogP contribution is -2.25. The highest BCUT2D eigenvalue weighted by Gasteiger charge is 2.17. The van der Waals surface area contributed by atoms with Gasteiger partial charge in [-0.15, -0.1) is 0 Å². The van der Waals surface area contributed by atoms with Crippen LogP contribution < -0.4 is 0 Å². The van der Waals surface area contributed by atoms with Gasteiger partial charge in [-0.05, 0) is 25.8 Å². The maximum atomic E-state index is 5.84. The first kappa shape index (κ1) is 12.2. The van der Waals surface area contributed by atoms with Crippen molar-refractivity contribution >= 4 is 0 Å². The van der Waals surface area contributed by atoms with Crippen LogP contribution in [0.4, 0.5) is 0 Å². The Hall–Kier alpha value is -0.860. The molecular weight excluding hydrogens is 188 g/mol. The fourth-order valence-corrected chi connectivity index (χ4v) is 1.27. The summed E-state index contributed by atoms with van der Waals surface area (Å²) < 4.78 is 10.9. The topological polar surface area (TPSA) is 18.5 Å². The van der Waals surface area contributed by atoms with Crippen molar-refractivity contribution in [2.45, 2.75) is 32.5 Å². The van der Waals surface area contributed by atoms with E-state index in [1.165, 1.54) is 5.56 Å². The van der Waals surface area contributed by atoms with Gasteiger partial charge in [0.2, 0.25) is 0 Å². The van der Waals surface area contributed by atoms with Gasteiger partial charge in [-0.1, -0.05) is 30.3 Å². The fourth-order valence-electron chi connectivity index (χ4n) is 1.27. The molecule has 1 aromatic rings. The fraction of sp³-hybridized carbons (Fsp3) is 0.538. The van der Waals surface area contributed by atoms with Gasteiger partial charge in [0.05, 0.1) is 12.2 Å². The Morgan fingerprint density at radius 3 is 2.40 bits per heavy atom. The molecule has 0 spiro atoms. The van der Waals surface area contributed by atoms with Gasteiger partial charge >= 0.3 is 0 Å². The quantitative estimate of drug-likeness (QED) is 0.715. The zero-order chi connectivity index (χ0) is 11.1. The lowest BCUT2D eigenvalue weighted by molar-refractivity contribution is -0.0469. The highest BCUT2D eigenvalue weighted by molar-refractivity contribution is 5.13. The molecule has 0 unspecified atom stereocenters. The van der Waals surface area contributed by atoms with Crippen LogP contribution in [0, 0.1) is 0 Å². The Labute approximate surface area is 92.2 Å². The number of rotatable bonds is 6. The molecule has 0 aliphatic rings. The van der Waals surface area contributed by atoms with Crippen molar-refractivity contribution in [1.29, 1.82) is 0 Å². The Kier molecular flexibility index (Phi) is 4.79. The van der Waals surface area contributed by atoms with E-state index in [0.29, 0.717) is 6.61 Å². The van der Waals surface area contributed by atoms with E-state index in [-0.39, 0.29) is 5.60 Å². The van der Waals surface area contributed by atoms with Gasteiger partial charge in [-0.2, -0.15) is 0 Å². The first-order chi connectivity index (χ1) is 7.14. The maximum absolute atomic E-state index is 5.84. The first-order valence-electron chi connectivity index (χ1n) is 5.31. The van der Waals surface area contributed by atoms with Gasteiger partial charge in [0.15, 0.2) is 0 Å². The second kappa shape index (κ2) is 5.89. The smallest absolute Gasteiger partial charge is 0.0724 e. The number of hydrogen-bond acceptors (Lipinski definition) is 2. The molecule has 2 heteroatoms. The molecule has 0 saturated heterocycles. The van der Waals surface area contributed by atoms with E-state index in [9.17, 15) is 0 Å². The van der Waals surface area contributed by atoms with Crippen LogP contribution >= 0.6 is 0 Å². The molecule has 0 aliphatic carbocycles. The van der Waals surface area contributed by atoms with Crippen molar-refractivity contribution < 1.29 is 9.47 Å². The highest BCUT2D eigenvalue weighted by atomic mass is 16.5. The highest BCUT2D eigenvalue weighted by Crippen LogP contribution is 2.16. The summed E-state index contributed by atoms with van der Waals surface area (Å²) in [5.41, 5.74) is 1.09. The third-order valence-corrected chi connectivity index (χ3v) is 2.38. The van der Waals surface area contributed by atoms with Crippen LogP contribution in [0.15, 0.2) is 30.3 Å². The van der Waals surface area contributed by atoms with Crippen LogP contribution in [-0.2, 0) is 16.1 Å². The van der Waals surface area contributed by atoms with Crippen molar-refractivity contribution in [3.8, 4) is 0 Å². The summed E-state index contributed by atoms with van der Waals surface area (Å²) >= 11 is 0. The van der Waals surface area contributed by atoms with Crippen molar-refractivity contribution in [1.82, 2.24) is 0 Å². The van der Waals surface area contributed by atoms with Crippen molar-refractivity contribution in [3.05, 3.63) is 35.9 Å². The summed E-state index contributed by atoms with van der Waals surface area (Å²) in [6, 6.07) is 10.2. The molecule has 1 aromatic carbocycles. The van der Waals surface area contributed by atoms with E-state index >= 15 is 0 Å². The third-order valence-electron chi connectivity index (χ3n) is 2.38. The van der Waals surface area contributed by atoms with Crippen LogP contribution in [0.25, 0.3) is 0 Å². The average Bonchev–Trinajstić information content (AvgIpc) is 2.25. The van der Waals surface area contributed by atoms with E-state index in [2.05, 4.69) is 26.0 Å². The van der Waals surface area contributed by atoms with E-state index in [1.54, 1.807) is 7.11 Å². The Bertz CT molecular complexity index is 267. The summed E-state index contributed by atoms with van der Waals surface area (Å²) in [6.45, 7) is 5.59. The number of methoxy groups -OCH3 is 1. The van der Waals surface area contributed by atoms with Gasteiger partial charge in [-0.25, -0.2) is 0 Å². The molecule has 1 rings (SSSR count). The molecule has 0 fully saturated rings. The summed E-state index contributed by atoms with van der Waals surface area (Å²) in [4.78, 5) is 0. The van der Waals surface area contributed by atoms with Gasteiger partial charge in [0, 0.05) is 13.7 Å². The average molecular weight is 208 g/mol. The predicted molar refractivity (Wildman–Crippen MR) is 61.8 cm³/mol. The Morgan fingerprint density at radius 2 is 1.80 bits per heavy atom. The molecule has 0 N–H and O–H groups in total. The van der Waals surface area contributed by atoms with Crippen LogP contribution in [0.2, 0.25) is 0 Å². The summed E-state index contributed by atoms with van der Waals surface area (Å²) in [5, 5.41) is 0. The van der Waals surface area contributed by atoms with E-state index in [1.807, 2.05) is 18.2 Å². The molecule has 0 aromatic heterocycles.